The molecule has 4 rings (SSSR count). The van der Waals surface area contributed by atoms with Crippen LogP contribution in [0.15, 0.2) is 37.4 Å². The largest absolute Gasteiger partial charge is 1.00 e. The van der Waals surface area contributed by atoms with Gasteiger partial charge in [0.25, 0.3) is 0 Å². The van der Waals surface area contributed by atoms with E-state index in [1.165, 1.54) is 64.2 Å². The summed E-state index contributed by atoms with van der Waals surface area (Å²) in [7, 11) is 0. The highest BCUT2D eigenvalue weighted by molar-refractivity contribution is 4.79. The molecule has 6 heteroatoms. The number of hydrogen-bond acceptors (Lipinski definition) is 0. The Morgan fingerprint density at radius 2 is 1.04 bits per heavy atom. The van der Waals surface area contributed by atoms with E-state index < -0.39 is 0 Å². The van der Waals surface area contributed by atoms with Gasteiger partial charge >= 0.3 is 0 Å². The predicted molar refractivity (Wildman–Crippen MR) is 88.9 cm³/mol. The second-order valence-electron chi connectivity index (χ2n) is 7.48. The second kappa shape index (κ2) is 9.91. The van der Waals surface area contributed by atoms with Gasteiger partial charge in [-0.25, -0.2) is 9.13 Å². The molecule has 140 valence electrons. The number of imidazole rings is 2. The van der Waals surface area contributed by atoms with Crippen LogP contribution in [0.3, 0.4) is 0 Å². The first-order valence-electron chi connectivity index (χ1n) is 9.51. The van der Waals surface area contributed by atoms with Gasteiger partial charge in [-0.2, -0.15) is 9.13 Å². The number of rotatable bonds is 4. The van der Waals surface area contributed by atoms with E-state index in [1.54, 1.807) is 0 Å². The van der Waals surface area contributed by atoms with Crippen LogP contribution in [0.1, 0.15) is 76.3 Å². The molecule has 0 amide bonds. The zero-order chi connectivity index (χ0) is 15.5. The van der Waals surface area contributed by atoms with Crippen LogP contribution < -0.4 is 43.1 Å². The minimum atomic E-state index is 0. The van der Waals surface area contributed by atoms with Crippen molar-refractivity contribution in [1.82, 2.24) is 9.13 Å². The van der Waals surface area contributed by atoms with Crippen molar-refractivity contribution < 1.29 is 43.1 Å². The lowest BCUT2D eigenvalue weighted by molar-refractivity contribution is -0.912. The fraction of sp³-hybridized carbons (Fsp3) is 0.684. The number of halogens is 2. The summed E-state index contributed by atoms with van der Waals surface area (Å²) in [6.07, 6.45) is 27.3. The summed E-state index contributed by atoms with van der Waals surface area (Å²) >= 11 is 0. The van der Waals surface area contributed by atoms with Crippen LogP contribution in [0.25, 0.3) is 0 Å². The Morgan fingerprint density at radius 3 is 1.44 bits per heavy atom. The zero-order valence-corrected chi connectivity index (χ0v) is 18.1. The molecule has 0 N–H and O–H groups in total. The average molecular weight is 474 g/mol. The van der Waals surface area contributed by atoms with Gasteiger partial charge in [-0.05, 0) is 51.4 Å². The Kier molecular flexibility index (Phi) is 8.20. The molecule has 2 aromatic heterocycles. The molecule has 0 aliphatic heterocycles. The van der Waals surface area contributed by atoms with Gasteiger partial charge in [-0.15, -0.1) is 0 Å². The second-order valence-corrected chi connectivity index (χ2v) is 7.48. The van der Waals surface area contributed by atoms with Crippen molar-refractivity contribution >= 4 is 0 Å². The number of nitrogens with zero attached hydrogens (tertiary/aromatic N) is 4. The van der Waals surface area contributed by atoms with E-state index in [0.717, 1.165) is 18.8 Å². The molecule has 2 fully saturated rings. The monoisotopic (exact) mass is 472 g/mol. The van der Waals surface area contributed by atoms with Gasteiger partial charge in [-0.3, -0.25) is 0 Å². The molecule has 2 aliphatic carbocycles. The maximum Gasteiger partial charge on any atom is 0.247 e. The highest BCUT2D eigenvalue weighted by Crippen LogP contribution is 2.28. The van der Waals surface area contributed by atoms with Gasteiger partial charge in [-0.1, -0.05) is 12.8 Å². The van der Waals surface area contributed by atoms with Gasteiger partial charge in [0, 0.05) is 0 Å². The first-order valence-corrected chi connectivity index (χ1v) is 9.51. The summed E-state index contributed by atoms with van der Waals surface area (Å²) in [6, 6.07) is 1.45. The zero-order valence-electron chi connectivity index (χ0n) is 14.9. The Hall–Kier alpha value is -0.620. The third-order valence-corrected chi connectivity index (χ3v) is 5.74. The van der Waals surface area contributed by atoms with E-state index in [-0.39, 0.29) is 34.0 Å². The van der Waals surface area contributed by atoms with Crippen molar-refractivity contribution in [3.05, 3.63) is 37.4 Å². The molecule has 0 aromatic carbocycles. The molecule has 0 radical (unpaired) electrons. The molecular formula is C19H30Br2N4. The highest BCUT2D eigenvalue weighted by Gasteiger charge is 2.22. The van der Waals surface area contributed by atoms with Crippen LogP contribution in [0, 0.1) is 0 Å². The van der Waals surface area contributed by atoms with Crippen LogP contribution >= 0.6 is 0 Å². The quantitative estimate of drug-likeness (QED) is 0.433. The third-order valence-electron chi connectivity index (χ3n) is 5.74. The van der Waals surface area contributed by atoms with Crippen molar-refractivity contribution in [2.45, 2.75) is 83.0 Å². The molecule has 25 heavy (non-hydrogen) atoms. The van der Waals surface area contributed by atoms with Crippen LogP contribution in [0.5, 0.6) is 0 Å². The average Bonchev–Trinajstić information content (AvgIpc) is 3.27. The van der Waals surface area contributed by atoms with Crippen molar-refractivity contribution in [3.63, 3.8) is 0 Å². The topological polar surface area (TPSA) is 17.6 Å². The first kappa shape index (κ1) is 20.7. The molecule has 0 bridgehead atoms. The van der Waals surface area contributed by atoms with E-state index in [4.69, 9.17) is 0 Å². The Morgan fingerprint density at radius 1 is 0.640 bits per heavy atom. The molecule has 2 heterocycles. The summed E-state index contributed by atoms with van der Waals surface area (Å²) in [6.45, 7) is 0.916. The smallest absolute Gasteiger partial charge is 0.247 e. The van der Waals surface area contributed by atoms with E-state index in [0.29, 0.717) is 0 Å². The van der Waals surface area contributed by atoms with Gasteiger partial charge in [0.05, 0.1) is 0 Å². The molecule has 2 aliphatic rings. The van der Waals surface area contributed by atoms with Crippen molar-refractivity contribution in [2.24, 2.45) is 0 Å². The predicted octanol–water partition coefficient (Wildman–Crippen LogP) is -2.61. The van der Waals surface area contributed by atoms with Gasteiger partial charge in [0.15, 0.2) is 0 Å². The molecule has 2 saturated carbocycles. The van der Waals surface area contributed by atoms with Gasteiger partial charge < -0.3 is 34.0 Å². The molecule has 0 atom stereocenters. The molecule has 2 aromatic rings. The van der Waals surface area contributed by atoms with E-state index in [2.05, 4.69) is 55.7 Å². The lowest BCUT2D eigenvalue weighted by atomic mass is 9.95. The normalized spacial score (nSPS) is 19.2. The third kappa shape index (κ3) is 5.19. The molecule has 4 nitrogen and oxygen atoms in total. The fourth-order valence-corrected chi connectivity index (χ4v) is 4.37. The van der Waals surface area contributed by atoms with Gasteiger partial charge in [0.1, 0.15) is 36.9 Å². The minimum absolute atomic E-state index is 0. The number of hydrogen-bond donors (Lipinski definition) is 0. The van der Waals surface area contributed by atoms with Crippen molar-refractivity contribution in [1.29, 1.82) is 0 Å². The minimum Gasteiger partial charge on any atom is -1.00 e. The van der Waals surface area contributed by atoms with Crippen LogP contribution in [0.4, 0.5) is 0 Å². The lowest BCUT2D eigenvalue weighted by Gasteiger charge is -2.18. The van der Waals surface area contributed by atoms with Crippen LogP contribution in [0.2, 0.25) is 0 Å². The SMILES string of the molecule is [Br-].[Br-].c1c[n+](C[n+]2ccn(C3CCCCC3)c2)cn1C1CCCCC1. The number of aromatic nitrogens is 4. The van der Waals surface area contributed by atoms with Gasteiger partial charge in [0.2, 0.25) is 19.3 Å². The Balaban J connectivity index is 0.00000113. The van der Waals surface area contributed by atoms with Crippen molar-refractivity contribution in [2.75, 3.05) is 0 Å². The summed E-state index contributed by atoms with van der Waals surface area (Å²) in [5.74, 6) is 0. The summed E-state index contributed by atoms with van der Waals surface area (Å²) < 4.78 is 9.47. The summed E-state index contributed by atoms with van der Waals surface area (Å²) in [4.78, 5) is 0. The Labute approximate surface area is 172 Å². The lowest BCUT2D eigenvalue weighted by Crippen LogP contribution is -3.00. The Bertz CT molecular complexity index is 571. The molecule has 0 spiro atoms. The van der Waals surface area contributed by atoms with Crippen molar-refractivity contribution in [3.8, 4) is 0 Å². The maximum absolute atomic E-state index is 2.43. The first-order chi connectivity index (χ1) is 11.4. The molecular weight excluding hydrogens is 444 g/mol. The van der Waals surface area contributed by atoms with E-state index >= 15 is 0 Å². The molecule has 0 unspecified atom stereocenters. The van der Waals surface area contributed by atoms with Crippen LogP contribution in [-0.2, 0) is 6.67 Å². The van der Waals surface area contributed by atoms with E-state index in [1.807, 2.05) is 0 Å². The standard InChI is InChI=1S/C19H30N4.2BrH/c1-3-7-18(8-4-1)22-13-11-20(16-22)15-21-12-14-23(17-21)19-9-5-2-6-10-19;;/h11-14,16-19H,1-10,15H2;2*1H/q+2;;/p-2. The van der Waals surface area contributed by atoms with E-state index in [9.17, 15) is 0 Å². The summed E-state index contributed by atoms with van der Waals surface area (Å²) in [5.41, 5.74) is 0. The maximum atomic E-state index is 2.43. The fourth-order valence-electron chi connectivity index (χ4n) is 4.37. The summed E-state index contributed by atoms with van der Waals surface area (Å²) in [5, 5.41) is 0. The molecule has 0 saturated heterocycles. The van der Waals surface area contributed by atoms with Crippen LogP contribution in [-0.4, -0.2) is 9.13 Å². The highest BCUT2D eigenvalue weighted by atomic mass is 79.9.